The Labute approximate surface area is 279 Å². The summed E-state index contributed by atoms with van der Waals surface area (Å²) in [5.74, 6) is 0. The molecule has 8 aromatic carbocycles. The van der Waals surface area contributed by atoms with Crippen molar-refractivity contribution in [3.63, 3.8) is 0 Å². The van der Waals surface area contributed by atoms with Crippen LogP contribution in [0.15, 0.2) is 127 Å². The maximum absolute atomic E-state index is 2.34. The Morgan fingerprint density at radius 1 is 0.405 bits per heavy atom. The van der Waals surface area contributed by atoms with Crippen molar-refractivity contribution in [3.05, 3.63) is 144 Å². The molecule has 3 heteroatoms. The van der Waals surface area contributed by atoms with Gasteiger partial charge in [0.15, 0.2) is 0 Å². The van der Waals surface area contributed by atoms with Gasteiger partial charge in [0.1, 0.15) is 0 Å². The Hall–Kier alpha value is -3.22. The summed E-state index contributed by atoms with van der Waals surface area (Å²) >= 11 is 0. The minimum Gasteiger partial charge on any atom is -1.00 e. The molecule has 0 aromatic heterocycles. The summed E-state index contributed by atoms with van der Waals surface area (Å²) in [6, 6.07) is 46.5. The molecule has 0 bridgehead atoms. The molecular weight excluding hydrogens is 631 g/mol. The van der Waals surface area contributed by atoms with Crippen molar-refractivity contribution < 1.29 is 51.0 Å². The third-order valence-electron chi connectivity index (χ3n) is 7.97. The van der Waals surface area contributed by atoms with Crippen molar-refractivity contribution in [2.75, 3.05) is 0 Å². The molecule has 0 saturated carbocycles. The molecule has 0 N–H and O–H groups in total. The molecule has 0 heterocycles. The van der Waals surface area contributed by atoms with Gasteiger partial charge in [0.05, 0.1) is 0 Å². The maximum atomic E-state index is 2.34. The van der Waals surface area contributed by atoms with Gasteiger partial charge in [-0.1, -0.05) is 102 Å². The second kappa shape index (κ2) is 13.0. The molecule has 42 heavy (non-hydrogen) atoms. The first kappa shape index (κ1) is 31.7. The van der Waals surface area contributed by atoms with Crippen molar-refractivity contribution in [2.24, 2.45) is 0 Å². The minimum atomic E-state index is 0. The molecule has 0 nitrogen and oxygen atoms in total. The van der Waals surface area contributed by atoms with Crippen LogP contribution >= 0.6 is 0 Å². The second-order valence-electron chi connectivity index (χ2n) is 10.9. The second-order valence-corrected chi connectivity index (χ2v) is 10.9. The molecule has 0 atom stereocenters. The van der Waals surface area contributed by atoms with Crippen molar-refractivity contribution in [1.29, 1.82) is 0 Å². The Kier molecular flexibility index (Phi) is 9.79. The van der Waals surface area contributed by atoms with Gasteiger partial charge in [0.25, 0.3) is 0 Å². The van der Waals surface area contributed by atoms with Crippen LogP contribution in [-0.4, -0.2) is 0 Å². The van der Waals surface area contributed by atoms with Crippen LogP contribution < -0.4 is 24.8 Å². The smallest absolute Gasteiger partial charge is 1.00 e. The first-order valence-corrected chi connectivity index (χ1v) is 13.7. The average Bonchev–Trinajstić information content (AvgIpc) is 3.51. The van der Waals surface area contributed by atoms with Crippen molar-refractivity contribution in [2.45, 2.75) is 20.8 Å². The van der Waals surface area contributed by atoms with Crippen LogP contribution in [0.3, 0.4) is 0 Å². The van der Waals surface area contributed by atoms with Crippen LogP contribution in [-0.2, 0) is 26.2 Å². The fourth-order valence-electron chi connectivity index (χ4n) is 6.16. The van der Waals surface area contributed by atoms with Gasteiger partial charge in [-0.2, -0.15) is 6.07 Å². The monoisotopic (exact) mass is 658 g/mol. The molecule has 8 aromatic rings. The zero-order valence-electron chi connectivity index (χ0n) is 23.9. The fraction of sp³-hybridized carbons (Fsp3) is 0.0769. The van der Waals surface area contributed by atoms with Gasteiger partial charge in [-0.25, -0.2) is 0 Å². The zero-order valence-corrected chi connectivity index (χ0v) is 27.9. The van der Waals surface area contributed by atoms with E-state index in [1.807, 2.05) is 0 Å². The van der Waals surface area contributed by atoms with Gasteiger partial charge < -0.3 is 24.8 Å². The molecule has 0 amide bonds. The topological polar surface area (TPSA) is 0 Å². The van der Waals surface area contributed by atoms with Crippen LogP contribution in [0.4, 0.5) is 0 Å². The normalized spacial score (nSPS) is 10.6. The van der Waals surface area contributed by atoms with Gasteiger partial charge in [-0.05, 0) is 47.0 Å². The molecule has 0 aliphatic carbocycles. The van der Waals surface area contributed by atoms with E-state index < -0.39 is 0 Å². The molecule has 8 rings (SSSR count). The van der Waals surface area contributed by atoms with Crippen LogP contribution in [0.2, 0.25) is 0 Å². The van der Waals surface area contributed by atoms with E-state index >= 15 is 0 Å². The van der Waals surface area contributed by atoms with E-state index in [2.05, 4.69) is 148 Å². The Balaban J connectivity index is 0.000000197. The Bertz CT molecular complexity index is 2110. The Morgan fingerprint density at radius 2 is 1.00 bits per heavy atom. The molecule has 0 unspecified atom stereocenters. The summed E-state index contributed by atoms with van der Waals surface area (Å²) in [6.07, 6.45) is 0. The van der Waals surface area contributed by atoms with Crippen molar-refractivity contribution >= 4 is 53.9 Å². The molecule has 204 valence electrons. The van der Waals surface area contributed by atoms with Crippen LogP contribution in [0.5, 0.6) is 0 Å². The summed E-state index contributed by atoms with van der Waals surface area (Å²) in [5, 5.41) is 13.4. The number of hydrogen-bond donors (Lipinski definition) is 0. The number of benzene rings is 6. The molecule has 0 radical (unpaired) electrons. The quantitative estimate of drug-likeness (QED) is 0.168. The summed E-state index contributed by atoms with van der Waals surface area (Å²) in [4.78, 5) is 0. The largest absolute Gasteiger partial charge is 4.00 e. The first-order valence-electron chi connectivity index (χ1n) is 13.7. The van der Waals surface area contributed by atoms with Crippen molar-refractivity contribution in [1.82, 2.24) is 0 Å². The van der Waals surface area contributed by atoms with Gasteiger partial charge in [-0.15, -0.1) is 74.3 Å². The minimum absolute atomic E-state index is 0. The van der Waals surface area contributed by atoms with E-state index in [1.165, 1.54) is 81.7 Å². The van der Waals surface area contributed by atoms with Crippen molar-refractivity contribution in [3.8, 4) is 11.1 Å². The summed E-state index contributed by atoms with van der Waals surface area (Å²) in [7, 11) is 0. The van der Waals surface area contributed by atoms with Crippen LogP contribution in [0.25, 0.3) is 65.0 Å². The number of hydrogen-bond acceptors (Lipinski definition) is 0. The summed E-state index contributed by atoms with van der Waals surface area (Å²) in [5.41, 5.74) is 6.62. The van der Waals surface area contributed by atoms with E-state index in [0.717, 1.165) is 0 Å². The SMILES string of the molecule is Cc1cc2c(-c3cc4ccccc4c4ccccc34)cccc2[cH-]1.Cc1ccc2c(c1)[cH-]c1cc(C)ccc12.[Cl-].[Cl-].[Zr+4]. The first-order chi connectivity index (χ1) is 19.0. The standard InChI is InChI=1S/C24H17.C15H13.2ClH.Zr/c1-16-13-17-8-6-12-22(23(17)14-16)24-15-18-7-2-3-9-19(18)20-10-4-5-11-21(20)24;1-10-3-5-14-12(7-10)9-13-8-11(2)4-6-15(13)14;;;/h2-15H,1H3;3-9H,1-2H3;2*1H;/q2*-1;;;+4/p-2. The van der Waals surface area contributed by atoms with E-state index in [4.69, 9.17) is 0 Å². The molecule has 0 aliphatic heterocycles. The fourth-order valence-corrected chi connectivity index (χ4v) is 6.16. The van der Waals surface area contributed by atoms with Gasteiger partial charge in [-0.3, -0.25) is 0 Å². The third kappa shape index (κ3) is 5.71. The molecule has 0 fully saturated rings. The van der Waals surface area contributed by atoms with Gasteiger partial charge in [0, 0.05) is 0 Å². The summed E-state index contributed by atoms with van der Waals surface area (Å²) < 4.78 is 0. The van der Waals surface area contributed by atoms with E-state index in [1.54, 1.807) is 0 Å². The average molecular weight is 661 g/mol. The Morgan fingerprint density at radius 3 is 1.67 bits per heavy atom. The summed E-state index contributed by atoms with van der Waals surface area (Å²) in [6.45, 7) is 6.45. The molecule has 0 spiro atoms. The third-order valence-corrected chi connectivity index (χ3v) is 7.97. The van der Waals surface area contributed by atoms with E-state index in [0.29, 0.717) is 0 Å². The van der Waals surface area contributed by atoms with Crippen LogP contribution in [0.1, 0.15) is 16.7 Å². The molecule has 0 aliphatic rings. The number of rotatable bonds is 1. The molecular formula is C39H30Cl2Zr. The van der Waals surface area contributed by atoms with Crippen LogP contribution in [0, 0.1) is 20.8 Å². The van der Waals surface area contributed by atoms with E-state index in [-0.39, 0.29) is 51.0 Å². The number of fused-ring (bicyclic) bond motifs is 7. The predicted molar refractivity (Wildman–Crippen MR) is 171 cm³/mol. The molecule has 0 saturated heterocycles. The zero-order chi connectivity index (χ0) is 26.5. The number of aryl methyl sites for hydroxylation is 3. The van der Waals surface area contributed by atoms with Gasteiger partial charge >= 0.3 is 26.2 Å². The maximum Gasteiger partial charge on any atom is 4.00 e. The predicted octanol–water partition coefficient (Wildman–Crippen LogP) is 5.17. The van der Waals surface area contributed by atoms with Gasteiger partial charge in [0.2, 0.25) is 0 Å². The van der Waals surface area contributed by atoms with E-state index in [9.17, 15) is 0 Å². The number of halogens is 2.